The second-order valence-corrected chi connectivity index (χ2v) is 7.03. The first-order valence-corrected chi connectivity index (χ1v) is 9.14. The first-order valence-electron chi connectivity index (χ1n) is 9.14. The monoisotopic (exact) mass is 330 g/mol. The molecule has 0 aliphatic carbocycles. The van der Waals surface area contributed by atoms with Crippen molar-refractivity contribution in [3.05, 3.63) is 29.8 Å². The van der Waals surface area contributed by atoms with Gasteiger partial charge in [-0.05, 0) is 30.5 Å². The van der Waals surface area contributed by atoms with E-state index in [9.17, 15) is 4.79 Å². The number of piperidine rings is 1. The zero-order valence-corrected chi connectivity index (χ0v) is 14.2. The first-order chi connectivity index (χ1) is 11.7. The number of nitrogens with zero attached hydrogens (tertiary/aromatic N) is 2. The van der Waals surface area contributed by atoms with Gasteiger partial charge in [0.25, 0.3) is 0 Å². The van der Waals surface area contributed by atoms with Crippen LogP contribution in [0.3, 0.4) is 0 Å². The molecule has 3 saturated heterocycles. The second-order valence-electron chi connectivity index (χ2n) is 7.03. The van der Waals surface area contributed by atoms with Gasteiger partial charge in [-0.3, -0.25) is 4.79 Å². The SMILES string of the molecule is O=C(Cc1ccc(N2CCCC2)cc1)N1CCC2(CC1)OCCO2. The number of likely N-dealkylation sites (tertiary alicyclic amines) is 1. The summed E-state index contributed by atoms with van der Waals surface area (Å²) in [5, 5.41) is 0. The van der Waals surface area contributed by atoms with Crippen molar-refractivity contribution in [2.75, 3.05) is 44.3 Å². The number of amides is 1. The Morgan fingerprint density at radius 2 is 1.58 bits per heavy atom. The molecule has 1 amide bonds. The van der Waals surface area contributed by atoms with Gasteiger partial charge in [0.1, 0.15) is 0 Å². The molecule has 0 bridgehead atoms. The van der Waals surface area contributed by atoms with Gasteiger partial charge in [0.05, 0.1) is 19.6 Å². The van der Waals surface area contributed by atoms with Gasteiger partial charge in [0.15, 0.2) is 5.79 Å². The Balaban J connectivity index is 1.31. The molecule has 4 rings (SSSR count). The van der Waals surface area contributed by atoms with Gasteiger partial charge < -0.3 is 19.3 Å². The summed E-state index contributed by atoms with van der Waals surface area (Å²) in [5.74, 6) is -0.203. The maximum atomic E-state index is 12.5. The minimum Gasteiger partial charge on any atom is -0.372 e. The van der Waals surface area contributed by atoms with Gasteiger partial charge in [-0.15, -0.1) is 0 Å². The summed E-state index contributed by atoms with van der Waals surface area (Å²) in [7, 11) is 0. The number of carbonyl (C=O) groups is 1. The molecule has 1 aromatic carbocycles. The lowest BCUT2D eigenvalue weighted by Crippen LogP contribution is -2.47. The van der Waals surface area contributed by atoms with Crippen molar-refractivity contribution in [2.45, 2.75) is 37.9 Å². The van der Waals surface area contributed by atoms with E-state index in [2.05, 4.69) is 29.2 Å². The molecule has 1 spiro atoms. The van der Waals surface area contributed by atoms with E-state index in [1.54, 1.807) is 0 Å². The fraction of sp³-hybridized carbons (Fsp3) is 0.632. The van der Waals surface area contributed by atoms with Crippen LogP contribution in [0.25, 0.3) is 0 Å². The Bertz CT molecular complexity index is 565. The van der Waals surface area contributed by atoms with E-state index in [4.69, 9.17) is 9.47 Å². The fourth-order valence-electron chi connectivity index (χ4n) is 3.97. The van der Waals surface area contributed by atoms with Crippen molar-refractivity contribution in [3.63, 3.8) is 0 Å². The van der Waals surface area contributed by atoms with Crippen LogP contribution in [0.15, 0.2) is 24.3 Å². The average molecular weight is 330 g/mol. The van der Waals surface area contributed by atoms with E-state index in [1.165, 1.54) is 18.5 Å². The predicted octanol–water partition coefficient (Wildman–Crippen LogP) is 2.19. The van der Waals surface area contributed by atoms with Crippen LogP contribution in [0, 0.1) is 0 Å². The van der Waals surface area contributed by atoms with Gasteiger partial charge in [-0.1, -0.05) is 12.1 Å². The van der Waals surface area contributed by atoms with Crippen LogP contribution in [0.5, 0.6) is 0 Å². The van der Waals surface area contributed by atoms with Crippen LogP contribution in [-0.4, -0.2) is 56.0 Å². The highest BCUT2D eigenvalue weighted by Gasteiger charge is 2.40. The Morgan fingerprint density at radius 1 is 0.958 bits per heavy atom. The van der Waals surface area contributed by atoms with Crippen molar-refractivity contribution in [1.82, 2.24) is 4.90 Å². The molecule has 1 aromatic rings. The summed E-state index contributed by atoms with van der Waals surface area (Å²) < 4.78 is 11.4. The lowest BCUT2D eigenvalue weighted by molar-refractivity contribution is -0.187. The van der Waals surface area contributed by atoms with Gasteiger partial charge in [-0.25, -0.2) is 0 Å². The highest BCUT2D eigenvalue weighted by molar-refractivity contribution is 5.79. The van der Waals surface area contributed by atoms with Crippen LogP contribution in [0.4, 0.5) is 5.69 Å². The standard InChI is InChI=1S/C19H26N2O3/c22-18(21-11-7-19(8-12-21)23-13-14-24-19)15-16-3-5-17(6-4-16)20-9-1-2-10-20/h3-6H,1-2,7-15H2. The molecule has 5 heteroatoms. The van der Waals surface area contributed by atoms with E-state index < -0.39 is 5.79 Å². The molecule has 3 heterocycles. The van der Waals surface area contributed by atoms with Crippen LogP contribution in [0.1, 0.15) is 31.2 Å². The Kier molecular flexibility index (Phi) is 4.46. The molecule has 0 aromatic heterocycles. The van der Waals surface area contributed by atoms with E-state index in [0.717, 1.165) is 44.6 Å². The third-order valence-corrected chi connectivity index (χ3v) is 5.45. The fourth-order valence-corrected chi connectivity index (χ4v) is 3.97. The van der Waals surface area contributed by atoms with E-state index in [0.29, 0.717) is 19.6 Å². The largest absolute Gasteiger partial charge is 0.372 e. The molecule has 130 valence electrons. The summed E-state index contributed by atoms with van der Waals surface area (Å²) >= 11 is 0. The lowest BCUT2D eigenvalue weighted by atomic mass is 10.0. The minimum absolute atomic E-state index is 0.205. The Labute approximate surface area is 143 Å². The van der Waals surface area contributed by atoms with E-state index in [-0.39, 0.29) is 5.91 Å². The third kappa shape index (κ3) is 3.28. The summed E-state index contributed by atoms with van der Waals surface area (Å²) in [6, 6.07) is 8.50. The van der Waals surface area contributed by atoms with Crippen molar-refractivity contribution in [3.8, 4) is 0 Å². The number of ether oxygens (including phenoxy) is 2. The minimum atomic E-state index is -0.409. The summed E-state index contributed by atoms with van der Waals surface area (Å²) in [6.07, 6.45) is 4.61. The number of anilines is 1. The molecule has 5 nitrogen and oxygen atoms in total. The zero-order chi connectivity index (χ0) is 16.4. The Morgan fingerprint density at radius 3 is 2.21 bits per heavy atom. The van der Waals surface area contributed by atoms with Gasteiger partial charge >= 0.3 is 0 Å². The number of rotatable bonds is 3. The van der Waals surface area contributed by atoms with Crippen LogP contribution < -0.4 is 4.90 Å². The smallest absolute Gasteiger partial charge is 0.226 e. The molecule has 0 N–H and O–H groups in total. The molecule has 0 radical (unpaired) electrons. The van der Waals surface area contributed by atoms with Crippen molar-refractivity contribution in [1.29, 1.82) is 0 Å². The molecule has 0 atom stereocenters. The molecule has 3 aliphatic rings. The summed E-state index contributed by atoms with van der Waals surface area (Å²) in [4.78, 5) is 16.9. The molecular formula is C19H26N2O3. The number of hydrogen-bond donors (Lipinski definition) is 0. The number of hydrogen-bond acceptors (Lipinski definition) is 4. The van der Waals surface area contributed by atoms with Crippen molar-refractivity contribution >= 4 is 11.6 Å². The third-order valence-electron chi connectivity index (χ3n) is 5.45. The first kappa shape index (κ1) is 15.9. The van der Waals surface area contributed by atoms with Gasteiger partial charge in [0, 0.05) is 44.7 Å². The predicted molar refractivity (Wildman–Crippen MR) is 92.0 cm³/mol. The second kappa shape index (κ2) is 6.73. The van der Waals surface area contributed by atoms with Crippen LogP contribution >= 0.6 is 0 Å². The van der Waals surface area contributed by atoms with Crippen LogP contribution in [-0.2, 0) is 20.7 Å². The normalized spacial score (nSPS) is 23.2. The summed E-state index contributed by atoms with van der Waals surface area (Å²) in [5.41, 5.74) is 2.37. The number of carbonyl (C=O) groups excluding carboxylic acids is 1. The lowest BCUT2D eigenvalue weighted by Gasteiger charge is -2.37. The van der Waals surface area contributed by atoms with Gasteiger partial charge in [-0.2, -0.15) is 0 Å². The van der Waals surface area contributed by atoms with E-state index >= 15 is 0 Å². The van der Waals surface area contributed by atoms with Crippen molar-refractivity contribution < 1.29 is 14.3 Å². The maximum absolute atomic E-state index is 12.5. The molecule has 3 aliphatic heterocycles. The molecular weight excluding hydrogens is 304 g/mol. The maximum Gasteiger partial charge on any atom is 0.226 e. The molecule has 0 saturated carbocycles. The molecule has 3 fully saturated rings. The molecule has 0 unspecified atom stereocenters. The molecule has 24 heavy (non-hydrogen) atoms. The van der Waals surface area contributed by atoms with E-state index in [1.807, 2.05) is 4.90 Å². The number of benzene rings is 1. The average Bonchev–Trinajstić information content (AvgIpc) is 3.29. The van der Waals surface area contributed by atoms with Crippen LogP contribution in [0.2, 0.25) is 0 Å². The Hall–Kier alpha value is -1.59. The summed E-state index contributed by atoms with van der Waals surface area (Å²) in [6.45, 7) is 5.11. The topological polar surface area (TPSA) is 42.0 Å². The quantitative estimate of drug-likeness (QED) is 0.852. The van der Waals surface area contributed by atoms with Gasteiger partial charge in [0.2, 0.25) is 5.91 Å². The highest BCUT2D eigenvalue weighted by atomic mass is 16.7. The zero-order valence-electron chi connectivity index (χ0n) is 14.2. The van der Waals surface area contributed by atoms with Crippen molar-refractivity contribution in [2.24, 2.45) is 0 Å². The highest BCUT2D eigenvalue weighted by Crippen LogP contribution is 2.31.